The molecule has 0 aromatic heterocycles. The van der Waals surface area contributed by atoms with Gasteiger partial charge in [-0.15, -0.1) is 0 Å². The summed E-state index contributed by atoms with van der Waals surface area (Å²) in [7, 11) is 0. The molecule has 1 N–H and O–H groups in total. The monoisotopic (exact) mass is 198 g/mol. The van der Waals surface area contributed by atoms with E-state index in [2.05, 4.69) is 26.1 Å². The van der Waals surface area contributed by atoms with Crippen LogP contribution in [0.3, 0.4) is 0 Å². The standard InChI is InChI=1S/C11H22N2O/c1-4-8-13(9(2)3)11(14)10-6-5-7-12-10/h9-10,12H,4-8H2,1-3H3. The maximum absolute atomic E-state index is 12.0. The van der Waals surface area contributed by atoms with Gasteiger partial charge in [-0.3, -0.25) is 4.79 Å². The van der Waals surface area contributed by atoms with Gasteiger partial charge in [0.15, 0.2) is 0 Å². The Morgan fingerprint density at radius 2 is 2.29 bits per heavy atom. The molecule has 0 radical (unpaired) electrons. The van der Waals surface area contributed by atoms with E-state index >= 15 is 0 Å². The molecule has 1 aliphatic heterocycles. The molecule has 1 amide bonds. The Balaban J connectivity index is 2.53. The fourth-order valence-corrected chi connectivity index (χ4v) is 1.96. The zero-order chi connectivity index (χ0) is 10.6. The lowest BCUT2D eigenvalue weighted by Gasteiger charge is -2.29. The average molecular weight is 198 g/mol. The van der Waals surface area contributed by atoms with E-state index in [1.165, 1.54) is 0 Å². The molecule has 1 fully saturated rings. The number of carbonyl (C=O) groups is 1. The molecule has 0 aliphatic carbocycles. The highest BCUT2D eigenvalue weighted by molar-refractivity contribution is 5.82. The Morgan fingerprint density at radius 1 is 1.57 bits per heavy atom. The van der Waals surface area contributed by atoms with Gasteiger partial charge in [-0.05, 0) is 39.7 Å². The molecule has 0 aromatic carbocycles. The number of carbonyl (C=O) groups excluding carboxylic acids is 1. The highest BCUT2D eigenvalue weighted by Crippen LogP contribution is 2.11. The van der Waals surface area contributed by atoms with Crippen molar-refractivity contribution < 1.29 is 4.79 Å². The van der Waals surface area contributed by atoms with Crippen LogP contribution in [0.4, 0.5) is 0 Å². The molecule has 0 spiro atoms. The van der Waals surface area contributed by atoms with Crippen LogP contribution in [0.5, 0.6) is 0 Å². The molecule has 3 heteroatoms. The van der Waals surface area contributed by atoms with Gasteiger partial charge in [0.05, 0.1) is 6.04 Å². The first-order valence-electron chi connectivity index (χ1n) is 5.70. The lowest BCUT2D eigenvalue weighted by atomic mass is 10.1. The molecule has 1 saturated heterocycles. The van der Waals surface area contributed by atoms with E-state index in [9.17, 15) is 4.79 Å². The molecular formula is C11H22N2O. The van der Waals surface area contributed by atoms with E-state index in [0.29, 0.717) is 11.9 Å². The van der Waals surface area contributed by atoms with E-state index in [1.807, 2.05) is 4.90 Å². The molecule has 0 bridgehead atoms. The maximum Gasteiger partial charge on any atom is 0.239 e. The zero-order valence-corrected chi connectivity index (χ0v) is 9.55. The third-order valence-electron chi connectivity index (χ3n) is 2.73. The summed E-state index contributed by atoms with van der Waals surface area (Å²) in [4.78, 5) is 14.0. The minimum absolute atomic E-state index is 0.0870. The van der Waals surface area contributed by atoms with Gasteiger partial charge < -0.3 is 10.2 Å². The lowest BCUT2D eigenvalue weighted by molar-refractivity contribution is -0.134. The molecule has 1 unspecified atom stereocenters. The Kier molecular flexibility index (Phi) is 4.39. The Bertz CT molecular complexity index is 186. The van der Waals surface area contributed by atoms with Crippen molar-refractivity contribution in [3.63, 3.8) is 0 Å². The average Bonchev–Trinajstić information content (AvgIpc) is 2.65. The van der Waals surface area contributed by atoms with Crippen LogP contribution in [-0.2, 0) is 4.79 Å². The quantitative estimate of drug-likeness (QED) is 0.740. The number of nitrogens with one attached hydrogen (secondary N) is 1. The topological polar surface area (TPSA) is 32.3 Å². The predicted octanol–water partition coefficient (Wildman–Crippen LogP) is 1.39. The first kappa shape index (κ1) is 11.5. The Labute approximate surface area is 86.9 Å². The Morgan fingerprint density at radius 3 is 2.71 bits per heavy atom. The van der Waals surface area contributed by atoms with Crippen molar-refractivity contribution in [2.75, 3.05) is 13.1 Å². The van der Waals surface area contributed by atoms with Crippen molar-refractivity contribution >= 4 is 5.91 Å². The van der Waals surface area contributed by atoms with Crippen LogP contribution in [0.2, 0.25) is 0 Å². The van der Waals surface area contributed by atoms with Crippen LogP contribution in [-0.4, -0.2) is 36.0 Å². The van der Waals surface area contributed by atoms with Gasteiger partial charge in [-0.2, -0.15) is 0 Å². The summed E-state index contributed by atoms with van der Waals surface area (Å²) in [6.45, 7) is 8.17. The number of hydrogen-bond donors (Lipinski definition) is 1. The lowest BCUT2D eigenvalue weighted by Crippen LogP contribution is -2.47. The Hall–Kier alpha value is -0.570. The van der Waals surface area contributed by atoms with Crippen LogP contribution in [0, 0.1) is 0 Å². The minimum atomic E-state index is 0.0870. The van der Waals surface area contributed by atoms with Crippen LogP contribution in [0.15, 0.2) is 0 Å². The second-order valence-corrected chi connectivity index (χ2v) is 4.27. The van der Waals surface area contributed by atoms with E-state index in [4.69, 9.17) is 0 Å². The number of hydrogen-bond acceptors (Lipinski definition) is 2. The summed E-state index contributed by atoms with van der Waals surface area (Å²) in [6.07, 6.45) is 3.18. The fraction of sp³-hybridized carbons (Fsp3) is 0.909. The summed E-state index contributed by atoms with van der Waals surface area (Å²) in [5.74, 6) is 0.291. The van der Waals surface area contributed by atoms with Crippen molar-refractivity contribution in [3.8, 4) is 0 Å². The van der Waals surface area contributed by atoms with Gasteiger partial charge >= 0.3 is 0 Å². The van der Waals surface area contributed by atoms with Crippen molar-refractivity contribution in [3.05, 3.63) is 0 Å². The molecule has 0 aromatic rings. The highest BCUT2D eigenvalue weighted by atomic mass is 16.2. The summed E-state index contributed by atoms with van der Waals surface area (Å²) in [5, 5.41) is 3.26. The zero-order valence-electron chi connectivity index (χ0n) is 9.55. The number of nitrogens with zero attached hydrogens (tertiary/aromatic N) is 1. The van der Waals surface area contributed by atoms with Crippen LogP contribution in [0.25, 0.3) is 0 Å². The maximum atomic E-state index is 12.0. The van der Waals surface area contributed by atoms with E-state index in [0.717, 1.165) is 32.4 Å². The first-order chi connectivity index (χ1) is 6.66. The van der Waals surface area contributed by atoms with Gasteiger partial charge in [-0.1, -0.05) is 6.92 Å². The summed E-state index contributed by atoms with van der Waals surface area (Å²) >= 11 is 0. The summed E-state index contributed by atoms with van der Waals surface area (Å²) < 4.78 is 0. The van der Waals surface area contributed by atoms with E-state index in [-0.39, 0.29) is 6.04 Å². The molecule has 1 heterocycles. The summed E-state index contributed by atoms with van der Waals surface area (Å²) in [6, 6.07) is 0.411. The van der Waals surface area contributed by atoms with Gasteiger partial charge in [0.25, 0.3) is 0 Å². The highest BCUT2D eigenvalue weighted by Gasteiger charge is 2.27. The van der Waals surface area contributed by atoms with E-state index in [1.54, 1.807) is 0 Å². The predicted molar refractivity (Wildman–Crippen MR) is 58.2 cm³/mol. The van der Waals surface area contributed by atoms with Crippen molar-refractivity contribution in [2.24, 2.45) is 0 Å². The van der Waals surface area contributed by atoms with Crippen molar-refractivity contribution in [2.45, 2.75) is 52.1 Å². The first-order valence-corrected chi connectivity index (χ1v) is 5.70. The summed E-state index contributed by atoms with van der Waals surface area (Å²) in [5.41, 5.74) is 0. The fourth-order valence-electron chi connectivity index (χ4n) is 1.96. The van der Waals surface area contributed by atoms with Crippen molar-refractivity contribution in [1.82, 2.24) is 10.2 Å². The second kappa shape index (κ2) is 5.35. The normalized spacial score (nSPS) is 21.6. The minimum Gasteiger partial charge on any atom is -0.339 e. The van der Waals surface area contributed by atoms with Crippen LogP contribution >= 0.6 is 0 Å². The number of amides is 1. The molecule has 1 atom stereocenters. The third-order valence-corrected chi connectivity index (χ3v) is 2.73. The van der Waals surface area contributed by atoms with Crippen LogP contribution in [0.1, 0.15) is 40.0 Å². The van der Waals surface area contributed by atoms with Crippen LogP contribution < -0.4 is 5.32 Å². The SMILES string of the molecule is CCCN(C(=O)C1CCCN1)C(C)C. The van der Waals surface area contributed by atoms with Crippen molar-refractivity contribution in [1.29, 1.82) is 0 Å². The molecule has 82 valence electrons. The number of rotatable bonds is 4. The van der Waals surface area contributed by atoms with Gasteiger partial charge in [0, 0.05) is 12.6 Å². The molecule has 0 saturated carbocycles. The second-order valence-electron chi connectivity index (χ2n) is 4.27. The largest absolute Gasteiger partial charge is 0.339 e. The molecular weight excluding hydrogens is 176 g/mol. The molecule has 3 nitrogen and oxygen atoms in total. The molecule has 14 heavy (non-hydrogen) atoms. The van der Waals surface area contributed by atoms with E-state index < -0.39 is 0 Å². The van der Waals surface area contributed by atoms with Gasteiger partial charge in [0.1, 0.15) is 0 Å². The smallest absolute Gasteiger partial charge is 0.239 e. The van der Waals surface area contributed by atoms with Gasteiger partial charge in [-0.25, -0.2) is 0 Å². The van der Waals surface area contributed by atoms with Gasteiger partial charge in [0.2, 0.25) is 5.91 Å². The molecule has 1 aliphatic rings. The molecule has 1 rings (SSSR count). The third kappa shape index (κ3) is 2.71.